The van der Waals surface area contributed by atoms with Crippen LogP contribution in [-0.4, -0.2) is 24.7 Å². The van der Waals surface area contributed by atoms with Crippen LogP contribution in [0, 0.1) is 5.92 Å². The summed E-state index contributed by atoms with van der Waals surface area (Å²) < 4.78 is 29.2. The molecule has 0 aliphatic carbocycles. The highest BCUT2D eigenvalue weighted by molar-refractivity contribution is 7.89. The predicted molar refractivity (Wildman–Crippen MR) is 83.5 cm³/mol. The average molecular weight is 328 g/mol. The fraction of sp³-hybridized carbons (Fsp3) is 0.462. The number of nitrogens with two attached hydrogens (primary N) is 1. The molecule has 6 nitrogen and oxygen atoms in total. The van der Waals surface area contributed by atoms with E-state index in [4.69, 9.17) is 5.73 Å². The maximum atomic E-state index is 12.5. The van der Waals surface area contributed by atoms with E-state index in [1.165, 1.54) is 17.1 Å². The van der Waals surface area contributed by atoms with Crippen LogP contribution in [0.1, 0.15) is 24.8 Å². The zero-order valence-electron chi connectivity index (χ0n) is 12.1. The van der Waals surface area contributed by atoms with Gasteiger partial charge in [0.05, 0.1) is 18.8 Å². The molecule has 2 heterocycles. The second-order valence-electron chi connectivity index (χ2n) is 5.09. The lowest BCUT2D eigenvalue weighted by Crippen LogP contribution is -2.31. The van der Waals surface area contributed by atoms with Gasteiger partial charge in [0.25, 0.3) is 0 Å². The molecule has 21 heavy (non-hydrogen) atoms. The van der Waals surface area contributed by atoms with E-state index in [-0.39, 0.29) is 16.9 Å². The molecule has 0 saturated heterocycles. The van der Waals surface area contributed by atoms with Crippen LogP contribution >= 0.6 is 11.3 Å². The maximum Gasteiger partial charge on any atom is 0.244 e. The first-order valence-corrected chi connectivity index (χ1v) is 9.08. The van der Waals surface area contributed by atoms with Gasteiger partial charge in [-0.15, -0.1) is 11.3 Å². The van der Waals surface area contributed by atoms with Gasteiger partial charge in [0.2, 0.25) is 10.0 Å². The van der Waals surface area contributed by atoms with E-state index in [0.29, 0.717) is 13.1 Å². The third kappa shape index (κ3) is 3.91. The lowest BCUT2D eigenvalue weighted by atomic mass is 10.0. The number of hydrogen-bond acceptors (Lipinski definition) is 5. The second-order valence-corrected chi connectivity index (χ2v) is 7.78. The van der Waals surface area contributed by atoms with Gasteiger partial charge in [0.15, 0.2) is 0 Å². The van der Waals surface area contributed by atoms with Crippen LogP contribution in [-0.2, 0) is 16.6 Å². The van der Waals surface area contributed by atoms with Gasteiger partial charge in [-0.25, -0.2) is 13.1 Å². The van der Waals surface area contributed by atoms with Gasteiger partial charge in [-0.3, -0.25) is 4.68 Å². The first-order valence-electron chi connectivity index (χ1n) is 6.72. The molecule has 0 saturated carbocycles. The fourth-order valence-corrected chi connectivity index (χ4v) is 4.30. The molecule has 2 aromatic rings. The van der Waals surface area contributed by atoms with Crippen molar-refractivity contribution < 1.29 is 8.42 Å². The molecule has 0 spiro atoms. The Morgan fingerprint density at radius 1 is 1.48 bits per heavy atom. The van der Waals surface area contributed by atoms with Crippen LogP contribution in [0.2, 0.25) is 0 Å². The molecule has 0 bridgehead atoms. The van der Waals surface area contributed by atoms with Crippen molar-refractivity contribution in [3.05, 3.63) is 34.8 Å². The van der Waals surface area contributed by atoms with E-state index < -0.39 is 10.0 Å². The first kappa shape index (κ1) is 16.2. The van der Waals surface area contributed by atoms with E-state index in [1.807, 2.05) is 31.4 Å². The minimum Gasteiger partial charge on any atom is -0.329 e. The molecule has 0 aromatic carbocycles. The molecule has 0 fully saturated rings. The number of thiophene rings is 1. The minimum atomic E-state index is -3.60. The molecule has 0 aliphatic heterocycles. The van der Waals surface area contributed by atoms with Crippen LogP contribution in [0.5, 0.6) is 0 Å². The van der Waals surface area contributed by atoms with E-state index in [0.717, 1.165) is 4.88 Å². The largest absolute Gasteiger partial charge is 0.329 e. The molecular formula is C13H20N4O2S2. The van der Waals surface area contributed by atoms with Gasteiger partial charge >= 0.3 is 0 Å². The molecule has 0 aliphatic rings. The van der Waals surface area contributed by atoms with Crippen molar-refractivity contribution >= 4 is 21.4 Å². The summed E-state index contributed by atoms with van der Waals surface area (Å²) in [6, 6.07) is 3.62. The molecule has 116 valence electrons. The number of nitrogens with one attached hydrogen (secondary N) is 1. The quantitative estimate of drug-likeness (QED) is 0.807. The van der Waals surface area contributed by atoms with Crippen molar-refractivity contribution in [1.29, 1.82) is 0 Å². The van der Waals surface area contributed by atoms with Crippen LogP contribution in [0.4, 0.5) is 0 Å². The molecule has 3 N–H and O–H groups in total. The smallest absolute Gasteiger partial charge is 0.244 e. The van der Waals surface area contributed by atoms with Crippen molar-refractivity contribution in [2.75, 3.05) is 6.54 Å². The Kier molecular flexibility index (Phi) is 5.15. The number of rotatable bonds is 7. The average Bonchev–Trinajstić information content (AvgIpc) is 3.07. The molecule has 2 rings (SSSR count). The summed E-state index contributed by atoms with van der Waals surface area (Å²) in [6.07, 6.45) is 2.85. The van der Waals surface area contributed by atoms with Crippen molar-refractivity contribution in [3.8, 4) is 0 Å². The summed E-state index contributed by atoms with van der Waals surface area (Å²) in [5, 5.41) is 5.95. The number of hydrogen-bond donors (Lipinski definition) is 2. The highest BCUT2D eigenvalue weighted by atomic mass is 32.2. The third-order valence-corrected chi connectivity index (χ3v) is 5.43. The number of nitrogens with zero attached hydrogens (tertiary/aromatic N) is 2. The van der Waals surface area contributed by atoms with Crippen LogP contribution in [0.3, 0.4) is 0 Å². The Morgan fingerprint density at radius 2 is 2.24 bits per heavy atom. The Bertz CT molecular complexity index is 662. The minimum absolute atomic E-state index is 0.150. The van der Waals surface area contributed by atoms with Gasteiger partial charge in [0, 0.05) is 17.6 Å². The zero-order valence-corrected chi connectivity index (χ0v) is 13.7. The third-order valence-electron chi connectivity index (χ3n) is 3.08. The van der Waals surface area contributed by atoms with Gasteiger partial charge in [-0.05, 0) is 17.4 Å². The number of sulfonamides is 1. The SMILES string of the molecule is CC(C)C(NS(=O)(=O)c1cnn(CCN)c1)c1cccs1. The zero-order chi connectivity index (χ0) is 15.5. The van der Waals surface area contributed by atoms with E-state index >= 15 is 0 Å². The van der Waals surface area contributed by atoms with Crippen molar-refractivity contribution in [1.82, 2.24) is 14.5 Å². The van der Waals surface area contributed by atoms with E-state index in [9.17, 15) is 8.42 Å². The molecular weight excluding hydrogens is 308 g/mol. The summed E-state index contributed by atoms with van der Waals surface area (Å²) in [5.74, 6) is 0.150. The summed E-state index contributed by atoms with van der Waals surface area (Å²) >= 11 is 1.54. The molecule has 0 radical (unpaired) electrons. The summed E-state index contributed by atoms with van der Waals surface area (Å²) in [4.78, 5) is 1.17. The van der Waals surface area contributed by atoms with E-state index in [1.54, 1.807) is 11.3 Å². The molecule has 8 heteroatoms. The fourth-order valence-electron chi connectivity index (χ4n) is 1.96. The Morgan fingerprint density at radius 3 is 2.81 bits per heavy atom. The Balaban J connectivity index is 2.22. The molecule has 1 atom stereocenters. The maximum absolute atomic E-state index is 12.5. The molecule has 2 aromatic heterocycles. The van der Waals surface area contributed by atoms with Gasteiger partial charge < -0.3 is 5.73 Å². The Labute approximate surface area is 129 Å². The van der Waals surface area contributed by atoms with Crippen molar-refractivity contribution in [2.45, 2.75) is 31.3 Å². The molecule has 1 unspecified atom stereocenters. The van der Waals surface area contributed by atoms with Crippen LogP contribution in [0.15, 0.2) is 34.8 Å². The summed E-state index contributed by atoms with van der Waals surface area (Å²) in [5.41, 5.74) is 5.44. The lowest BCUT2D eigenvalue weighted by Gasteiger charge is -2.20. The van der Waals surface area contributed by atoms with Crippen molar-refractivity contribution in [3.63, 3.8) is 0 Å². The molecule has 0 amide bonds. The Hall–Kier alpha value is -1.22. The van der Waals surface area contributed by atoms with Gasteiger partial charge in [-0.2, -0.15) is 5.10 Å². The highest BCUT2D eigenvalue weighted by Crippen LogP contribution is 2.27. The monoisotopic (exact) mass is 328 g/mol. The van der Waals surface area contributed by atoms with Crippen LogP contribution in [0.25, 0.3) is 0 Å². The summed E-state index contributed by atoms with van der Waals surface area (Å²) in [6.45, 7) is 4.89. The lowest BCUT2D eigenvalue weighted by molar-refractivity contribution is 0.469. The van der Waals surface area contributed by atoms with Crippen LogP contribution < -0.4 is 10.5 Å². The predicted octanol–water partition coefficient (Wildman–Crippen LogP) is 1.58. The second kappa shape index (κ2) is 6.69. The van der Waals surface area contributed by atoms with E-state index in [2.05, 4.69) is 9.82 Å². The highest BCUT2D eigenvalue weighted by Gasteiger charge is 2.25. The van der Waals surface area contributed by atoms with Gasteiger partial charge in [-0.1, -0.05) is 19.9 Å². The number of aromatic nitrogens is 2. The topological polar surface area (TPSA) is 90.0 Å². The first-order chi connectivity index (χ1) is 9.94. The normalized spacial score (nSPS) is 13.7. The van der Waals surface area contributed by atoms with Crippen molar-refractivity contribution in [2.24, 2.45) is 11.7 Å². The standard InChI is InChI=1S/C13H20N4O2S2/c1-10(2)13(12-4-3-7-20-12)16-21(18,19)11-8-15-17(9-11)6-5-14/h3-4,7-10,13,16H,5-6,14H2,1-2H3. The summed E-state index contributed by atoms with van der Waals surface area (Å²) in [7, 11) is -3.60. The van der Waals surface area contributed by atoms with Gasteiger partial charge in [0.1, 0.15) is 4.90 Å².